The highest BCUT2D eigenvalue weighted by molar-refractivity contribution is 5.51. The number of nitrogens with one attached hydrogen (secondary N) is 1. The Morgan fingerprint density at radius 1 is 1.46 bits per heavy atom. The van der Waals surface area contributed by atoms with E-state index in [1.165, 1.54) is 6.33 Å². The van der Waals surface area contributed by atoms with Crippen molar-refractivity contribution >= 4 is 5.82 Å². The van der Waals surface area contributed by atoms with E-state index in [1.807, 2.05) is 6.92 Å². The summed E-state index contributed by atoms with van der Waals surface area (Å²) in [7, 11) is 1.63. The molecule has 0 unspecified atom stereocenters. The average molecular weight is 181 g/mol. The lowest BCUT2D eigenvalue weighted by Gasteiger charge is -2.09. The Hall–Kier alpha value is -1.32. The van der Waals surface area contributed by atoms with Crippen LogP contribution in [0.2, 0.25) is 0 Å². The summed E-state index contributed by atoms with van der Waals surface area (Å²) >= 11 is 0. The van der Waals surface area contributed by atoms with Gasteiger partial charge in [-0.15, -0.1) is 0 Å². The van der Waals surface area contributed by atoms with Crippen molar-refractivity contribution in [3.63, 3.8) is 0 Å². The van der Waals surface area contributed by atoms with E-state index in [4.69, 9.17) is 4.74 Å². The van der Waals surface area contributed by atoms with Gasteiger partial charge < -0.3 is 10.1 Å². The van der Waals surface area contributed by atoms with Gasteiger partial charge in [-0.05, 0) is 13.3 Å². The van der Waals surface area contributed by atoms with Gasteiger partial charge in [-0.2, -0.15) is 0 Å². The van der Waals surface area contributed by atoms with Crippen LogP contribution in [-0.4, -0.2) is 23.6 Å². The number of aryl methyl sites for hydroxylation is 1. The zero-order valence-electron chi connectivity index (χ0n) is 8.29. The molecule has 0 aliphatic rings. The van der Waals surface area contributed by atoms with Crippen LogP contribution in [0, 0.1) is 6.92 Å². The molecule has 13 heavy (non-hydrogen) atoms. The van der Waals surface area contributed by atoms with Crippen LogP contribution in [0.3, 0.4) is 0 Å². The Kier molecular flexibility index (Phi) is 3.49. The number of aromatic nitrogens is 2. The molecule has 0 aliphatic heterocycles. The summed E-state index contributed by atoms with van der Waals surface area (Å²) in [6.45, 7) is 4.90. The van der Waals surface area contributed by atoms with E-state index >= 15 is 0 Å². The zero-order valence-corrected chi connectivity index (χ0v) is 8.29. The minimum absolute atomic E-state index is 0.732. The van der Waals surface area contributed by atoms with Crippen molar-refractivity contribution in [3.05, 3.63) is 12.0 Å². The Morgan fingerprint density at radius 3 is 2.85 bits per heavy atom. The molecule has 1 heterocycles. The molecule has 0 radical (unpaired) electrons. The summed E-state index contributed by atoms with van der Waals surface area (Å²) < 4.78 is 5.19. The van der Waals surface area contributed by atoms with E-state index < -0.39 is 0 Å². The van der Waals surface area contributed by atoms with E-state index in [9.17, 15) is 0 Å². The average Bonchev–Trinajstić information content (AvgIpc) is 2.15. The molecular formula is C9H15N3O. The van der Waals surface area contributed by atoms with Crippen LogP contribution in [0.15, 0.2) is 6.33 Å². The molecule has 1 rings (SSSR count). The standard InChI is InChI=1S/C9H15N3O/c1-4-5-10-9-8(13-3)7(2)11-6-12-9/h6H,4-5H2,1-3H3,(H,10,11,12). The molecule has 4 nitrogen and oxygen atoms in total. The maximum atomic E-state index is 5.19. The molecule has 1 aromatic heterocycles. The lowest BCUT2D eigenvalue weighted by molar-refractivity contribution is 0.409. The fourth-order valence-corrected chi connectivity index (χ4v) is 1.08. The smallest absolute Gasteiger partial charge is 0.182 e. The molecule has 72 valence electrons. The van der Waals surface area contributed by atoms with E-state index in [-0.39, 0.29) is 0 Å². The maximum absolute atomic E-state index is 5.19. The zero-order chi connectivity index (χ0) is 9.68. The third-order valence-electron chi connectivity index (χ3n) is 1.73. The molecule has 0 fully saturated rings. The lowest BCUT2D eigenvalue weighted by atomic mass is 10.3. The predicted octanol–water partition coefficient (Wildman–Crippen LogP) is 1.62. The first-order valence-corrected chi connectivity index (χ1v) is 4.39. The van der Waals surface area contributed by atoms with Crippen molar-refractivity contribution in [1.29, 1.82) is 0 Å². The van der Waals surface area contributed by atoms with Gasteiger partial charge in [0.1, 0.15) is 6.33 Å². The summed E-state index contributed by atoms with van der Waals surface area (Å²) in [5.74, 6) is 1.51. The van der Waals surface area contributed by atoms with Gasteiger partial charge in [-0.25, -0.2) is 9.97 Å². The van der Waals surface area contributed by atoms with Crippen LogP contribution in [-0.2, 0) is 0 Å². The van der Waals surface area contributed by atoms with Crippen LogP contribution in [0.4, 0.5) is 5.82 Å². The largest absolute Gasteiger partial charge is 0.491 e. The third-order valence-corrected chi connectivity index (χ3v) is 1.73. The third kappa shape index (κ3) is 2.31. The molecular weight excluding hydrogens is 166 g/mol. The van der Waals surface area contributed by atoms with Crippen molar-refractivity contribution in [1.82, 2.24) is 9.97 Å². The van der Waals surface area contributed by atoms with Crippen LogP contribution < -0.4 is 10.1 Å². The van der Waals surface area contributed by atoms with Gasteiger partial charge in [0.05, 0.1) is 12.8 Å². The fourth-order valence-electron chi connectivity index (χ4n) is 1.08. The van der Waals surface area contributed by atoms with Gasteiger partial charge >= 0.3 is 0 Å². The normalized spacial score (nSPS) is 9.77. The molecule has 1 N–H and O–H groups in total. The molecule has 0 bridgehead atoms. The molecule has 0 spiro atoms. The van der Waals surface area contributed by atoms with Crippen molar-refractivity contribution in [2.24, 2.45) is 0 Å². The Balaban J connectivity index is 2.85. The summed E-state index contributed by atoms with van der Waals surface area (Å²) in [5, 5.41) is 3.18. The molecule has 1 aromatic rings. The summed E-state index contributed by atoms with van der Waals surface area (Å²) in [5.41, 5.74) is 0.858. The topological polar surface area (TPSA) is 47.0 Å². The fraction of sp³-hybridized carbons (Fsp3) is 0.556. The van der Waals surface area contributed by atoms with Gasteiger partial charge in [0.2, 0.25) is 0 Å². The number of nitrogens with zero attached hydrogens (tertiary/aromatic N) is 2. The van der Waals surface area contributed by atoms with E-state index in [2.05, 4.69) is 22.2 Å². The van der Waals surface area contributed by atoms with Crippen molar-refractivity contribution < 1.29 is 4.74 Å². The molecule has 0 amide bonds. The number of hydrogen-bond donors (Lipinski definition) is 1. The second kappa shape index (κ2) is 4.64. The minimum atomic E-state index is 0.732. The Morgan fingerprint density at radius 2 is 2.23 bits per heavy atom. The van der Waals surface area contributed by atoms with E-state index in [1.54, 1.807) is 7.11 Å². The van der Waals surface area contributed by atoms with E-state index in [0.29, 0.717) is 0 Å². The quantitative estimate of drug-likeness (QED) is 0.766. The molecule has 0 atom stereocenters. The molecule has 0 aliphatic carbocycles. The first kappa shape index (κ1) is 9.77. The minimum Gasteiger partial charge on any atom is -0.491 e. The van der Waals surface area contributed by atoms with Gasteiger partial charge in [0.25, 0.3) is 0 Å². The second-order valence-electron chi connectivity index (χ2n) is 2.77. The van der Waals surface area contributed by atoms with Gasteiger partial charge in [-0.3, -0.25) is 0 Å². The van der Waals surface area contributed by atoms with Crippen molar-refractivity contribution in [2.45, 2.75) is 20.3 Å². The molecule has 4 heteroatoms. The maximum Gasteiger partial charge on any atom is 0.182 e. The van der Waals surface area contributed by atoms with Gasteiger partial charge in [0.15, 0.2) is 11.6 Å². The Labute approximate surface area is 78.4 Å². The highest BCUT2D eigenvalue weighted by Crippen LogP contribution is 2.23. The number of rotatable bonds is 4. The number of anilines is 1. The van der Waals surface area contributed by atoms with Crippen LogP contribution in [0.5, 0.6) is 5.75 Å². The number of methoxy groups -OCH3 is 1. The predicted molar refractivity (Wildman–Crippen MR) is 52.1 cm³/mol. The summed E-state index contributed by atoms with van der Waals surface area (Å²) in [6.07, 6.45) is 2.60. The highest BCUT2D eigenvalue weighted by Gasteiger charge is 2.06. The Bertz CT molecular complexity index is 276. The highest BCUT2D eigenvalue weighted by atomic mass is 16.5. The lowest BCUT2D eigenvalue weighted by Crippen LogP contribution is -2.05. The molecule has 0 saturated carbocycles. The molecule has 0 aromatic carbocycles. The van der Waals surface area contributed by atoms with Crippen molar-refractivity contribution in [2.75, 3.05) is 19.0 Å². The van der Waals surface area contributed by atoms with E-state index in [0.717, 1.165) is 30.2 Å². The monoisotopic (exact) mass is 181 g/mol. The van der Waals surface area contributed by atoms with Crippen LogP contribution in [0.25, 0.3) is 0 Å². The first-order valence-electron chi connectivity index (χ1n) is 4.39. The van der Waals surface area contributed by atoms with Crippen LogP contribution in [0.1, 0.15) is 19.0 Å². The summed E-state index contributed by atoms with van der Waals surface area (Å²) in [6, 6.07) is 0. The van der Waals surface area contributed by atoms with Crippen molar-refractivity contribution in [3.8, 4) is 5.75 Å². The number of ether oxygens (including phenoxy) is 1. The summed E-state index contributed by atoms with van der Waals surface area (Å²) in [4.78, 5) is 8.14. The van der Waals surface area contributed by atoms with Gasteiger partial charge in [0, 0.05) is 6.54 Å². The van der Waals surface area contributed by atoms with Crippen LogP contribution >= 0.6 is 0 Å². The van der Waals surface area contributed by atoms with Gasteiger partial charge in [-0.1, -0.05) is 6.92 Å². The first-order chi connectivity index (χ1) is 6.29. The molecule has 0 saturated heterocycles. The SMILES string of the molecule is CCCNc1ncnc(C)c1OC. The number of hydrogen-bond acceptors (Lipinski definition) is 4. The second-order valence-corrected chi connectivity index (χ2v) is 2.77.